The molecule has 2 unspecified atom stereocenters. The van der Waals surface area contributed by atoms with E-state index in [1.54, 1.807) is 0 Å². The minimum Gasteiger partial charge on any atom is -0.374 e. The highest BCUT2D eigenvalue weighted by Crippen LogP contribution is 2.17. The molecule has 2 aliphatic heterocycles. The lowest BCUT2D eigenvalue weighted by molar-refractivity contribution is -0.0461. The Kier molecular flexibility index (Phi) is 7.28. The molecule has 0 aromatic heterocycles. The third-order valence-corrected chi connectivity index (χ3v) is 4.59. The Hall–Kier alpha value is -0.160. The Balaban J connectivity index is 1.69. The van der Waals surface area contributed by atoms with Crippen LogP contribution in [-0.2, 0) is 4.74 Å². The smallest absolute Gasteiger partial charge is 0.0829 e. The van der Waals surface area contributed by atoms with E-state index in [0.29, 0.717) is 6.10 Å². The van der Waals surface area contributed by atoms with Crippen LogP contribution in [0.4, 0.5) is 0 Å². The van der Waals surface area contributed by atoms with Crippen LogP contribution in [-0.4, -0.2) is 74.9 Å². The van der Waals surface area contributed by atoms with Crippen molar-refractivity contribution in [3.05, 3.63) is 0 Å². The van der Waals surface area contributed by atoms with Crippen LogP contribution in [0.3, 0.4) is 0 Å². The third kappa shape index (κ3) is 5.32. The van der Waals surface area contributed by atoms with Gasteiger partial charge in [-0.05, 0) is 51.4 Å². The van der Waals surface area contributed by atoms with Gasteiger partial charge in [-0.2, -0.15) is 0 Å². The predicted octanol–water partition coefficient (Wildman–Crippen LogP) is 1.42. The second kappa shape index (κ2) is 8.98. The maximum absolute atomic E-state index is 5.95. The zero-order valence-corrected chi connectivity index (χ0v) is 13.4. The second-order valence-electron chi connectivity index (χ2n) is 6.36. The van der Waals surface area contributed by atoms with Crippen molar-refractivity contribution >= 4 is 0 Å². The van der Waals surface area contributed by atoms with Gasteiger partial charge in [-0.3, -0.25) is 4.90 Å². The zero-order valence-electron chi connectivity index (χ0n) is 13.4. The molecule has 1 N–H and O–H groups in total. The van der Waals surface area contributed by atoms with E-state index in [9.17, 15) is 0 Å². The van der Waals surface area contributed by atoms with Crippen molar-refractivity contribution in [2.45, 2.75) is 39.2 Å². The van der Waals surface area contributed by atoms with Crippen LogP contribution in [0.5, 0.6) is 0 Å². The first-order valence-electron chi connectivity index (χ1n) is 8.58. The number of nitrogens with zero attached hydrogens (tertiary/aromatic N) is 2. The minimum absolute atomic E-state index is 0.422. The van der Waals surface area contributed by atoms with Crippen molar-refractivity contribution in [2.24, 2.45) is 5.92 Å². The quantitative estimate of drug-likeness (QED) is 0.715. The highest BCUT2D eigenvalue weighted by atomic mass is 16.5. The summed E-state index contributed by atoms with van der Waals surface area (Å²) >= 11 is 0. The number of likely N-dealkylation sites (tertiary alicyclic amines) is 1. The average molecular weight is 283 g/mol. The first kappa shape index (κ1) is 16.2. The van der Waals surface area contributed by atoms with E-state index < -0.39 is 0 Å². The van der Waals surface area contributed by atoms with Crippen molar-refractivity contribution in [3.63, 3.8) is 0 Å². The van der Waals surface area contributed by atoms with Gasteiger partial charge in [-0.1, -0.05) is 13.8 Å². The molecule has 118 valence electrons. The molecule has 2 fully saturated rings. The van der Waals surface area contributed by atoms with Crippen LogP contribution in [0.2, 0.25) is 0 Å². The monoisotopic (exact) mass is 283 g/mol. The summed E-state index contributed by atoms with van der Waals surface area (Å²) in [7, 11) is 0. The Morgan fingerprint density at radius 3 is 2.85 bits per heavy atom. The van der Waals surface area contributed by atoms with Gasteiger partial charge in [-0.25, -0.2) is 0 Å². The van der Waals surface area contributed by atoms with E-state index >= 15 is 0 Å². The van der Waals surface area contributed by atoms with E-state index in [1.807, 2.05) is 0 Å². The number of piperidine rings is 1. The topological polar surface area (TPSA) is 27.7 Å². The highest BCUT2D eigenvalue weighted by molar-refractivity contribution is 4.79. The molecule has 0 spiro atoms. The first-order valence-corrected chi connectivity index (χ1v) is 8.58. The summed E-state index contributed by atoms with van der Waals surface area (Å²) < 4.78 is 5.95. The van der Waals surface area contributed by atoms with Gasteiger partial charge in [0.25, 0.3) is 0 Å². The molecule has 0 saturated carbocycles. The number of hydrogen-bond donors (Lipinski definition) is 1. The molecule has 4 heteroatoms. The van der Waals surface area contributed by atoms with Crippen LogP contribution >= 0.6 is 0 Å². The average Bonchev–Trinajstić information content (AvgIpc) is 2.48. The van der Waals surface area contributed by atoms with E-state index in [0.717, 1.165) is 45.2 Å². The summed E-state index contributed by atoms with van der Waals surface area (Å²) in [6.07, 6.45) is 4.40. The van der Waals surface area contributed by atoms with Gasteiger partial charge in [0, 0.05) is 26.2 Å². The molecule has 2 heterocycles. The zero-order chi connectivity index (χ0) is 14.2. The van der Waals surface area contributed by atoms with E-state index in [2.05, 4.69) is 29.0 Å². The normalized spacial score (nSPS) is 29.7. The number of likely N-dealkylation sites (N-methyl/N-ethyl adjacent to an activating group) is 1. The standard InChI is InChI=1S/C16H33N3O/c1-3-7-17-11-15-6-5-8-19(12-15)14-16-13-18(4-2)9-10-20-16/h15-17H,3-14H2,1-2H3. The molecule has 0 aromatic carbocycles. The number of morpholine rings is 1. The second-order valence-corrected chi connectivity index (χ2v) is 6.36. The molecule has 2 atom stereocenters. The van der Waals surface area contributed by atoms with E-state index in [4.69, 9.17) is 4.74 Å². The van der Waals surface area contributed by atoms with Gasteiger partial charge in [0.2, 0.25) is 0 Å². The molecule has 20 heavy (non-hydrogen) atoms. The van der Waals surface area contributed by atoms with Crippen LogP contribution in [0.1, 0.15) is 33.1 Å². The highest BCUT2D eigenvalue weighted by Gasteiger charge is 2.25. The number of hydrogen-bond acceptors (Lipinski definition) is 4. The first-order chi connectivity index (χ1) is 9.81. The van der Waals surface area contributed by atoms with Gasteiger partial charge >= 0.3 is 0 Å². The maximum Gasteiger partial charge on any atom is 0.0829 e. The van der Waals surface area contributed by atoms with Crippen LogP contribution in [0.25, 0.3) is 0 Å². The lowest BCUT2D eigenvalue weighted by atomic mass is 9.97. The Morgan fingerprint density at radius 2 is 2.05 bits per heavy atom. The van der Waals surface area contributed by atoms with Crippen molar-refractivity contribution in [3.8, 4) is 0 Å². The number of rotatable bonds is 7. The molecule has 0 aromatic rings. The molecule has 0 bridgehead atoms. The molecular formula is C16H33N3O. The molecule has 2 rings (SSSR count). The molecule has 4 nitrogen and oxygen atoms in total. The fourth-order valence-corrected chi connectivity index (χ4v) is 3.43. The number of ether oxygens (including phenoxy) is 1. The molecule has 0 radical (unpaired) electrons. The third-order valence-electron chi connectivity index (χ3n) is 4.59. The summed E-state index contributed by atoms with van der Waals surface area (Å²) in [6, 6.07) is 0. The summed E-state index contributed by atoms with van der Waals surface area (Å²) in [5, 5.41) is 3.58. The lowest BCUT2D eigenvalue weighted by Gasteiger charge is -2.38. The minimum atomic E-state index is 0.422. The molecule has 0 amide bonds. The van der Waals surface area contributed by atoms with Gasteiger partial charge in [0.15, 0.2) is 0 Å². The summed E-state index contributed by atoms with van der Waals surface area (Å²) in [6.45, 7) is 14.8. The lowest BCUT2D eigenvalue weighted by Crippen LogP contribution is -2.49. The van der Waals surface area contributed by atoms with Crippen LogP contribution in [0.15, 0.2) is 0 Å². The Labute approximate surface area is 124 Å². The summed E-state index contributed by atoms with van der Waals surface area (Å²) in [4.78, 5) is 5.14. The molecule has 2 aliphatic rings. The molecular weight excluding hydrogens is 250 g/mol. The SMILES string of the molecule is CCCNCC1CCCN(CC2CN(CC)CCO2)C1. The number of nitrogens with one attached hydrogen (secondary N) is 1. The van der Waals surface area contributed by atoms with Gasteiger partial charge in [0.1, 0.15) is 0 Å². The van der Waals surface area contributed by atoms with Crippen LogP contribution < -0.4 is 5.32 Å². The van der Waals surface area contributed by atoms with Crippen molar-refractivity contribution < 1.29 is 4.74 Å². The van der Waals surface area contributed by atoms with Crippen molar-refractivity contribution in [2.75, 3.05) is 59.0 Å². The Morgan fingerprint density at radius 1 is 1.15 bits per heavy atom. The largest absolute Gasteiger partial charge is 0.374 e. The fourth-order valence-electron chi connectivity index (χ4n) is 3.43. The van der Waals surface area contributed by atoms with Gasteiger partial charge < -0.3 is 15.0 Å². The van der Waals surface area contributed by atoms with Gasteiger partial charge in [0.05, 0.1) is 12.7 Å². The molecule has 2 saturated heterocycles. The summed E-state index contributed by atoms with van der Waals surface area (Å²) in [5.41, 5.74) is 0. The van der Waals surface area contributed by atoms with E-state index in [-0.39, 0.29) is 0 Å². The van der Waals surface area contributed by atoms with E-state index in [1.165, 1.54) is 38.9 Å². The fraction of sp³-hybridized carbons (Fsp3) is 1.00. The molecule has 0 aliphatic carbocycles. The van der Waals surface area contributed by atoms with Crippen molar-refractivity contribution in [1.82, 2.24) is 15.1 Å². The van der Waals surface area contributed by atoms with Gasteiger partial charge in [-0.15, -0.1) is 0 Å². The van der Waals surface area contributed by atoms with Crippen LogP contribution in [0, 0.1) is 5.92 Å². The Bertz CT molecular complexity index is 262. The maximum atomic E-state index is 5.95. The predicted molar refractivity (Wildman–Crippen MR) is 84.2 cm³/mol. The summed E-state index contributed by atoms with van der Waals surface area (Å²) in [5.74, 6) is 0.834. The van der Waals surface area contributed by atoms with Crippen molar-refractivity contribution in [1.29, 1.82) is 0 Å².